The van der Waals surface area contributed by atoms with Gasteiger partial charge in [0, 0.05) is 18.0 Å². The summed E-state index contributed by atoms with van der Waals surface area (Å²) >= 11 is 6.02. The standard InChI is InChI=1S/C21H22ClN3O3/c1-13-3-5-14(6-4-13)19-18(21(27)28-2)23-20(15-7-9-16(22)10-8-15)25-17(26)11-12-24(19)25/h3-10,18-20,23H,11-12H2,1-2H3/t18-,19+,20+/m0/s1. The predicted octanol–water partition coefficient (Wildman–Crippen LogP) is 2.98. The summed E-state index contributed by atoms with van der Waals surface area (Å²) in [5.74, 6) is -0.337. The van der Waals surface area contributed by atoms with Crippen LogP contribution in [0, 0.1) is 6.92 Å². The molecule has 2 aliphatic heterocycles. The van der Waals surface area contributed by atoms with Gasteiger partial charge in [0.05, 0.1) is 13.2 Å². The molecule has 6 nitrogen and oxygen atoms in total. The van der Waals surface area contributed by atoms with Gasteiger partial charge >= 0.3 is 5.97 Å². The van der Waals surface area contributed by atoms with Crippen molar-refractivity contribution in [1.82, 2.24) is 15.3 Å². The summed E-state index contributed by atoms with van der Waals surface area (Å²) in [5, 5.41) is 7.69. The zero-order valence-electron chi connectivity index (χ0n) is 15.8. The van der Waals surface area contributed by atoms with Gasteiger partial charge in [0.15, 0.2) is 0 Å². The van der Waals surface area contributed by atoms with Crippen LogP contribution in [0.2, 0.25) is 5.02 Å². The molecule has 1 N–H and O–H groups in total. The number of amides is 1. The minimum atomic E-state index is -0.615. The van der Waals surface area contributed by atoms with E-state index in [1.807, 2.05) is 48.3 Å². The van der Waals surface area contributed by atoms with Crippen molar-refractivity contribution in [2.75, 3.05) is 13.7 Å². The van der Waals surface area contributed by atoms with E-state index in [1.165, 1.54) is 7.11 Å². The van der Waals surface area contributed by atoms with Crippen molar-refractivity contribution in [2.45, 2.75) is 31.6 Å². The normalized spacial score (nSPS) is 24.9. The van der Waals surface area contributed by atoms with Crippen LogP contribution in [0.1, 0.15) is 35.3 Å². The quantitative estimate of drug-likeness (QED) is 0.804. The Morgan fingerprint density at radius 1 is 1.11 bits per heavy atom. The maximum atomic E-state index is 12.7. The highest BCUT2D eigenvalue weighted by Crippen LogP contribution is 2.40. The molecule has 3 atom stereocenters. The number of benzene rings is 2. The lowest BCUT2D eigenvalue weighted by molar-refractivity contribution is -0.173. The number of hydrogen-bond acceptors (Lipinski definition) is 5. The maximum absolute atomic E-state index is 12.7. The Morgan fingerprint density at radius 2 is 1.75 bits per heavy atom. The number of carbonyl (C=O) groups is 2. The first-order valence-electron chi connectivity index (χ1n) is 9.24. The average Bonchev–Trinajstić information content (AvgIpc) is 3.09. The number of methoxy groups -OCH3 is 1. The summed E-state index contributed by atoms with van der Waals surface area (Å²) in [6, 6.07) is 14.4. The Kier molecular flexibility index (Phi) is 5.10. The number of nitrogens with zero attached hydrogens (tertiary/aromatic N) is 2. The molecule has 0 radical (unpaired) electrons. The fourth-order valence-electron chi connectivity index (χ4n) is 3.98. The van der Waals surface area contributed by atoms with E-state index >= 15 is 0 Å². The first kappa shape index (κ1) is 18.9. The summed E-state index contributed by atoms with van der Waals surface area (Å²) in [5.41, 5.74) is 2.96. The highest BCUT2D eigenvalue weighted by atomic mass is 35.5. The van der Waals surface area contributed by atoms with Gasteiger partial charge in [-0.05, 0) is 30.2 Å². The molecular formula is C21H22ClN3O3. The second-order valence-corrected chi connectivity index (χ2v) is 7.56. The second kappa shape index (κ2) is 7.54. The fraction of sp³-hybridized carbons (Fsp3) is 0.333. The molecule has 0 spiro atoms. The van der Waals surface area contributed by atoms with E-state index in [0.29, 0.717) is 18.0 Å². The van der Waals surface area contributed by atoms with Gasteiger partial charge in [-0.2, -0.15) is 0 Å². The third-order valence-electron chi connectivity index (χ3n) is 5.37. The van der Waals surface area contributed by atoms with Gasteiger partial charge < -0.3 is 4.74 Å². The van der Waals surface area contributed by atoms with Crippen LogP contribution in [0.5, 0.6) is 0 Å². The largest absolute Gasteiger partial charge is 0.468 e. The van der Waals surface area contributed by atoms with Gasteiger partial charge in [-0.1, -0.05) is 53.6 Å². The van der Waals surface area contributed by atoms with E-state index in [9.17, 15) is 9.59 Å². The number of hydrazine groups is 1. The van der Waals surface area contributed by atoms with Crippen LogP contribution in [-0.4, -0.2) is 41.6 Å². The molecule has 4 rings (SSSR count). The van der Waals surface area contributed by atoms with E-state index in [0.717, 1.165) is 16.7 Å². The lowest BCUT2D eigenvalue weighted by atomic mass is 9.95. The Balaban J connectivity index is 1.78. The van der Waals surface area contributed by atoms with E-state index in [2.05, 4.69) is 5.32 Å². The lowest BCUT2D eigenvalue weighted by Crippen LogP contribution is -2.63. The maximum Gasteiger partial charge on any atom is 0.325 e. The number of esters is 1. The fourth-order valence-corrected chi connectivity index (χ4v) is 4.11. The minimum absolute atomic E-state index is 0.0212. The van der Waals surface area contributed by atoms with Crippen LogP contribution in [0.25, 0.3) is 0 Å². The van der Waals surface area contributed by atoms with E-state index in [1.54, 1.807) is 17.1 Å². The van der Waals surface area contributed by atoms with Gasteiger partial charge in [0.25, 0.3) is 0 Å². The zero-order valence-corrected chi connectivity index (χ0v) is 16.5. The number of carbonyl (C=O) groups excluding carboxylic acids is 2. The Bertz CT molecular complexity index is 885. The molecule has 0 aliphatic carbocycles. The van der Waals surface area contributed by atoms with Crippen molar-refractivity contribution in [2.24, 2.45) is 0 Å². The number of nitrogens with one attached hydrogen (secondary N) is 1. The summed E-state index contributed by atoms with van der Waals surface area (Å²) in [7, 11) is 1.38. The van der Waals surface area contributed by atoms with Crippen molar-refractivity contribution in [3.05, 3.63) is 70.2 Å². The summed E-state index contributed by atoms with van der Waals surface area (Å²) in [6.07, 6.45) is -0.0553. The molecule has 2 heterocycles. The molecule has 7 heteroatoms. The summed E-state index contributed by atoms with van der Waals surface area (Å²) in [6.45, 7) is 2.57. The molecule has 146 valence electrons. The topological polar surface area (TPSA) is 61.9 Å². The third kappa shape index (κ3) is 3.28. The van der Waals surface area contributed by atoms with Crippen LogP contribution in [0.4, 0.5) is 0 Å². The van der Waals surface area contributed by atoms with Gasteiger partial charge in [-0.25, -0.2) is 5.01 Å². The number of aryl methyl sites for hydroxylation is 1. The van der Waals surface area contributed by atoms with Gasteiger partial charge in [0.1, 0.15) is 12.2 Å². The molecule has 2 saturated heterocycles. The molecule has 28 heavy (non-hydrogen) atoms. The van der Waals surface area contributed by atoms with Crippen molar-refractivity contribution < 1.29 is 14.3 Å². The molecular weight excluding hydrogens is 378 g/mol. The summed E-state index contributed by atoms with van der Waals surface area (Å²) in [4.78, 5) is 25.4. The molecule has 0 saturated carbocycles. The van der Waals surface area contributed by atoms with Crippen LogP contribution in [-0.2, 0) is 14.3 Å². The molecule has 1 amide bonds. The average molecular weight is 400 g/mol. The van der Waals surface area contributed by atoms with E-state index < -0.39 is 12.2 Å². The molecule has 0 bridgehead atoms. The number of fused-ring (bicyclic) bond motifs is 1. The first-order chi connectivity index (χ1) is 13.5. The van der Waals surface area contributed by atoms with Crippen molar-refractivity contribution in [3.8, 4) is 0 Å². The highest BCUT2D eigenvalue weighted by molar-refractivity contribution is 6.30. The zero-order chi connectivity index (χ0) is 19.8. The Labute approximate surface area is 169 Å². The number of halogens is 1. The van der Waals surface area contributed by atoms with Crippen molar-refractivity contribution >= 4 is 23.5 Å². The molecule has 2 aromatic rings. The van der Waals surface area contributed by atoms with Crippen LogP contribution >= 0.6 is 11.6 Å². The molecule has 0 unspecified atom stereocenters. The predicted molar refractivity (Wildman–Crippen MR) is 105 cm³/mol. The first-order valence-corrected chi connectivity index (χ1v) is 9.62. The molecule has 2 aliphatic rings. The van der Waals surface area contributed by atoms with Crippen molar-refractivity contribution in [1.29, 1.82) is 0 Å². The minimum Gasteiger partial charge on any atom is -0.468 e. The SMILES string of the molecule is COC(=O)[C@H]1N[C@@H](c2ccc(Cl)cc2)N2C(=O)CCN2[C@@H]1c1ccc(C)cc1. The number of rotatable bonds is 3. The second-order valence-electron chi connectivity index (χ2n) is 7.13. The van der Waals surface area contributed by atoms with Crippen molar-refractivity contribution in [3.63, 3.8) is 0 Å². The Morgan fingerprint density at radius 3 is 2.39 bits per heavy atom. The third-order valence-corrected chi connectivity index (χ3v) is 5.62. The highest BCUT2D eigenvalue weighted by Gasteiger charge is 2.50. The monoisotopic (exact) mass is 399 g/mol. The number of ether oxygens (including phenoxy) is 1. The van der Waals surface area contributed by atoms with Gasteiger partial charge in [0.2, 0.25) is 5.91 Å². The summed E-state index contributed by atoms with van der Waals surface area (Å²) < 4.78 is 5.09. The molecule has 2 aromatic carbocycles. The van der Waals surface area contributed by atoms with Crippen LogP contribution in [0.15, 0.2) is 48.5 Å². The van der Waals surface area contributed by atoms with E-state index in [4.69, 9.17) is 16.3 Å². The number of hydrogen-bond donors (Lipinski definition) is 1. The molecule has 0 aromatic heterocycles. The Hall–Kier alpha value is -2.41. The van der Waals surface area contributed by atoms with E-state index in [-0.39, 0.29) is 17.9 Å². The van der Waals surface area contributed by atoms with Crippen LogP contribution in [0.3, 0.4) is 0 Å². The van der Waals surface area contributed by atoms with Gasteiger partial charge in [-0.15, -0.1) is 0 Å². The lowest BCUT2D eigenvalue weighted by Gasteiger charge is -2.48. The molecule has 2 fully saturated rings. The van der Waals surface area contributed by atoms with Gasteiger partial charge in [-0.3, -0.25) is 19.9 Å². The smallest absolute Gasteiger partial charge is 0.325 e. The van der Waals surface area contributed by atoms with Crippen LogP contribution < -0.4 is 5.32 Å².